The molecule has 0 bridgehead atoms. The van der Waals surface area contributed by atoms with Gasteiger partial charge >= 0.3 is 5.97 Å². The highest BCUT2D eigenvalue weighted by atomic mass is 16.5. The Labute approximate surface area is 96.0 Å². The monoisotopic (exact) mass is 219 g/mol. The third-order valence-electron chi connectivity index (χ3n) is 2.98. The Hall–Kier alpha value is -1.51. The molecule has 1 saturated heterocycles. The minimum Gasteiger partial charge on any atom is -0.469 e. The minimum atomic E-state index is -0.186. The third-order valence-corrected chi connectivity index (χ3v) is 2.98. The molecule has 0 N–H and O–H groups in total. The van der Waals surface area contributed by atoms with E-state index >= 15 is 0 Å². The van der Waals surface area contributed by atoms with Crippen LogP contribution >= 0.6 is 0 Å². The molecule has 1 aliphatic rings. The van der Waals surface area contributed by atoms with Crippen LogP contribution in [-0.4, -0.2) is 26.2 Å². The van der Waals surface area contributed by atoms with Crippen molar-refractivity contribution in [3.8, 4) is 0 Å². The van der Waals surface area contributed by atoms with E-state index in [9.17, 15) is 4.79 Å². The summed E-state index contributed by atoms with van der Waals surface area (Å²) in [6.45, 7) is 2.30. The van der Waals surface area contributed by atoms with Gasteiger partial charge in [-0.15, -0.1) is 0 Å². The fourth-order valence-electron chi connectivity index (χ4n) is 2.04. The molecule has 86 valence electrons. The van der Waals surface area contributed by atoms with Crippen LogP contribution in [0.4, 0.5) is 5.69 Å². The number of nitrogens with zero attached hydrogens (tertiary/aromatic N) is 1. The molecule has 2 rings (SSSR count). The largest absolute Gasteiger partial charge is 0.469 e. The summed E-state index contributed by atoms with van der Waals surface area (Å²) in [6.07, 6.45) is 2.92. The van der Waals surface area contributed by atoms with Crippen LogP contribution in [0.2, 0.25) is 0 Å². The number of carbonyl (C=O) groups excluding carboxylic acids is 1. The summed E-state index contributed by atoms with van der Waals surface area (Å²) >= 11 is 0. The molecule has 1 fully saturated rings. The molecule has 0 aliphatic carbocycles. The Kier molecular flexibility index (Phi) is 3.44. The van der Waals surface area contributed by atoms with Crippen molar-refractivity contribution < 1.29 is 9.53 Å². The van der Waals surface area contributed by atoms with Gasteiger partial charge in [-0.3, -0.25) is 4.79 Å². The molecule has 0 unspecified atom stereocenters. The molecule has 0 saturated carbocycles. The quantitative estimate of drug-likeness (QED) is 0.728. The van der Waals surface area contributed by atoms with Crippen LogP contribution in [0.1, 0.15) is 18.4 Å². The number of hydrogen-bond acceptors (Lipinski definition) is 3. The molecule has 3 nitrogen and oxygen atoms in total. The molecule has 0 aromatic heterocycles. The number of ether oxygens (including phenoxy) is 1. The van der Waals surface area contributed by atoms with Gasteiger partial charge in [0.15, 0.2) is 0 Å². The van der Waals surface area contributed by atoms with Crippen molar-refractivity contribution >= 4 is 11.7 Å². The molecule has 3 heteroatoms. The van der Waals surface area contributed by atoms with Gasteiger partial charge < -0.3 is 9.64 Å². The van der Waals surface area contributed by atoms with Crippen LogP contribution in [0, 0.1) is 0 Å². The summed E-state index contributed by atoms with van der Waals surface area (Å²) in [5.74, 6) is -0.186. The lowest BCUT2D eigenvalue weighted by Crippen LogP contribution is -2.17. The predicted molar refractivity (Wildman–Crippen MR) is 63.6 cm³/mol. The fourth-order valence-corrected chi connectivity index (χ4v) is 2.04. The summed E-state index contributed by atoms with van der Waals surface area (Å²) in [4.78, 5) is 13.5. The van der Waals surface area contributed by atoms with E-state index in [1.54, 1.807) is 0 Å². The van der Waals surface area contributed by atoms with Crippen molar-refractivity contribution in [3.63, 3.8) is 0 Å². The highest BCUT2D eigenvalue weighted by Gasteiger charge is 2.12. The number of carbonyl (C=O) groups is 1. The van der Waals surface area contributed by atoms with Gasteiger partial charge in [0, 0.05) is 18.8 Å². The first kappa shape index (κ1) is 11.0. The van der Waals surface area contributed by atoms with Crippen molar-refractivity contribution in [1.82, 2.24) is 0 Å². The Bertz CT molecular complexity index is 353. The maximum absolute atomic E-state index is 11.1. The van der Waals surface area contributed by atoms with Gasteiger partial charge in [-0.25, -0.2) is 0 Å². The average molecular weight is 219 g/mol. The SMILES string of the molecule is COC(=O)Cc1ccc(N2CCCC2)cc1. The Morgan fingerprint density at radius 2 is 1.88 bits per heavy atom. The van der Waals surface area contributed by atoms with Gasteiger partial charge in [-0.2, -0.15) is 0 Å². The second-order valence-electron chi connectivity index (χ2n) is 4.11. The zero-order valence-corrected chi connectivity index (χ0v) is 9.61. The maximum Gasteiger partial charge on any atom is 0.309 e. The van der Waals surface area contributed by atoms with E-state index < -0.39 is 0 Å². The van der Waals surface area contributed by atoms with Gasteiger partial charge in [0.25, 0.3) is 0 Å². The first-order chi connectivity index (χ1) is 7.79. The Morgan fingerprint density at radius 3 is 2.44 bits per heavy atom. The van der Waals surface area contributed by atoms with E-state index in [1.165, 1.54) is 25.6 Å². The van der Waals surface area contributed by atoms with Crippen LogP contribution in [0.5, 0.6) is 0 Å². The van der Waals surface area contributed by atoms with Gasteiger partial charge in [0.2, 0.25) is 0 Å². The van der Waals surface area contributed by atoms with E-state index in [2.05, 4.69) is 21.8 Å². The van der Waals surface area contributed by atoms with Crippen LogP contribution < -0.4 is 4.90 Å². The normalized spacial score (nSPS) is 15.2. The van der Waals surface area contributed by atoms with Gasteiger partial charge in [0.05, 0.1) is 13.5 Å². The fraction of sp³-hybridized carbons (Fsp3) is 0.462. The molecule has 0 spiro atoms. The molecular weight excluding hydrogens is 202 g/mol. The van der Waals surface area contributed by atoms with Crippen LogP contribution in [0.3, 0.4) is 0 Å². The molecular formula is C13H17NO2. The van der Waals surface area contributed by atoms with E-state index in [0.717, 1.165) is 18.7 Å². The van der Waals surface area contributed by atoms with Crippen molar-refractivity contribution in [2.75, 3.05) is 25.1 Å². The Balaban J connectivity index is 2.01. The summed E-state index contributed by atoms with van der Waals surface area (Å²) in [6, 6.07) is 8.18. The first-order valence-corrected chi connectivity index (χ1v) is 5.70. The van der Waals surface area contributed by atoms with Crippen LogP contribution in [0.25, 0.3) is 0 Å². The van der Waals surface area contributed by atoms with Crippen molar-refractivity contribution in [2.24, 2.45) is 0 Å². The summed E-state index contributed by atoms with van der Waals surface area (Å²) in [5.41, 5.74) is 2.26. The number of benzene rings is 1. The minimum absolute atomic E-state index is 0.186. The molecule has 0 atom stereocenters. The molecule has 1 aliphatic heterocycles. The Morgan fingerprint density at radius 1 is 1.25 bits per heavy atom. The van der Waals surface area contributed by atoms with E-state index in [-0.39, 0.29) is 5.97 Å². The number of esters is 1. The van der Waals surface area contributed by atoms with Crippen LogP contribution in [0.15, 0.2) is 24.3 Å². The zero-order chi connectivity index (χ0) is 11.4. The standard InChI is InChI=1S/C13H17NO2/c1-16-13(15)10-11-4-6-12(7-5-11)14-8-2-3-9-14/h4-7H,2-3,8-10H2,1H3. The molecule has 16 heavy (non-hydrogen) atoms. The van der Waals surface area contributed by atoms with Crippen molar-refractivity contribution in [2.45, 2.75) is 19.3 Å². The summed E-state index contributed by atoms with van der Waals surface area (Å²) in [7, 11) is 1.42. The third kappa shape index (κ3) is 2.54. The molecule has 1 aromatic rings. The van der Waals surface area contributed by atoms with Crippen molar-refractivity contribution in [1.29, 1.82) is 0 Å². The highest BCUT2D eigenvalue weighted by molar-refractivity contribution is 5.72. The molecule has 1 heterocycles. The molecule has 0 amide bonds. The second-order valence-corrected chi connectivity index (χ2v) is 4.11. The van der Waals surface area contributed by atoms with E-state index in [1.807, 2.05) is 12.1 Å². The van der Waals surface area contributed by atoms with Gasteiger partial charge in [0.1, 0.15) is 0 Å². The molecule has 0 radical (unpaired) electrons. The number of rotatable bonds is 3. The topological polar surface area (TPSA) is 29.5 Å². The number of hydrogen-bond donors (Lipinski definition) is 0. The smallest absolute Gasteiger partial charge is 0.309 e. The lowest BCUT2D eigenvalue weighted by molar-refractivity contribution is -0.139. The number of methoxy groups -OCH3 is 1. The van der Waals surface area contributed by atoms with Gasteiger partial charge in [-0.1, -0.05) is 12.1 Å². The zero-order valence-electron chi connectivity index (χ0n) is 9.61. The number of anilines is 1. The van der Waals surface area contributed by atoms with E-state index in [4.69, 9.17) is 0 Å². The predicted octanol–water partition coefficient (Wildman–Crippen LogP) is 2.00. The van der Waals surface area contributed by atoms with Crippen LogP contribution in [-0.2, 0) is 16.0 Å². The maximum atomic E-state index is 11.1. The summed E-state index contributed by atoms with van der Waals surface area (Å²) in [5, 5.41) is 0. The molecule has 1 aromatic carbocycles. The van der Waals surface area contributed by atoms with Crippen molar-refractivity contribution in [3.05, 3.63) is 29.8 Å². The first-order valence-electron chi connectivity index (χ1n) is 5.70. The average Bonchev–Trinajstić information content (AvgIpc) is 2.83. The second kappa shape index (κ2) is 5.01. The lowest BCUT2D eigenvalue weighted by Gasteiger charge is -2.17. The lowest BCUT2D eigenvalue weighted by atomic mass is 10.1. The summed E-state index contributed by atoms with van der Waals surface area (Å²) < 4.78 is 4.63. The highest BCUT2D eigenvalue weighted by Crippen LogP contribution is 2.20. The van der Waals surface area contributed by atoms with Gasteiger partial charge in [-0.05, 0) is 30.5 Å². The van der Waals surface area contributed by atoms with E-state index in [0.29, 0.717) is 6.42 Å².